The number of unbranched alkanes of at least 4 members (excludes halogenated alkanes) is 1. The number of hydrogen-bond acceptors (Lipinski definition) is 1. The zero-order valence-corrected chi connectivity index (χ0v) is 21.0. The second-order valence-corrected chi connectivity index (χ2v) is 9.94. The van der Waals surface area contributed by atoms with Gasteiger partial charge in [-0.05, 0) is 47.7 Å². The third-order valence-electron chi connectivity index (χ3n) is 6.62. The van der Waals surface area contributed by atoms with Crippen LogP contribution in [0.5, 0.6) is 0 Å². The summed E-state index contributed by atoms with van der Waals surface area (Å²) in [5.74, 6) is 0. The summed E-state index contributed by atoms with van der Waals surface area (Å²) in [5, 5.41) is 0. The Morgan fingerprint density at radius 2 is 1.06 bits per heavy atom. The van der Waals surface area contributed by atoms with Gasteiger partial charge < -0.3 is 4.57 Å². The van der Waals surface area contributed by atoms with Crippen LogP contribution in [0.3, 0.4) is 0 Å². The SMILES string of the molecule is CCCCc1c(Sc2ccccc2)ccn1C(c1ccccc1)(c1ccccc1)c1ccccc1. The van der Waals surface area contributed by atoms with E-state index in [0.29, 0.717) is 0 Å². The Balaban J connectivity index is 1.81. The molecule has 0 atom stereocenters. The molecular formula is C33H31NS. The number of nitrogens with zero attached hydrogens (tertiary/aromatic N) is 1. The third-order valence-corrected chi connectivity index (χ3v) is 7.72. The normalized spacial score (nSPS) is 11.5. The molecule has 0 aliphatic heterocycles. The molecule has 4 aromatic carbocycles. The van der Waals surface area contributed by atoms with Gasteiger partial charge in [0.1, 0.15) is 5.54 Å². The van der Waals surface area contributed by atoms with Crippen LogP contribution in [0.15, 0.2) is 143 Å². The first-order chi connectivity index (χ1) is 17.3. The lowest BCUT2D eigenvalue weighted by molar-refractivity contribution is 0.490. The quantitative estimate of drug-likeness (QED) is 0.194. The maximum atomic E-state index is 2.55. The molecule has 0 bridgehead atoms. The van der Waals surface area contributed by atoms with Gasteiger partial charge in [-0.25, -0.2) is 0 Å². The van der Waals surface area contributed by atoms with Gasteiger partial charge in [-0.2, -0.15) is 0 Å². The second-order valence-electron chi connectivity index (χ2n) is 8.82. The van der Waals surface area contributed by atoms with Gasteiger partial charge in [0, 0.05) is 21.7 Å². The molecule has 0 radical (unpaired) electrons. The van der Waals surface area contributed by atoms with E-state index >= 15 is 0 Å². The average Bonchev–Trinajstić information content (AvgIpc) is 3.32. The van der Waals surface area contributed by atoms with Gasteiger partial charge >= 0.3 is 0 Å². The van der Waals surface area contributed by atoms with Crippen LogP contribution in [0.2, 0.25) is 0 Å². The highest BCUT2D eigenvalue weighted by Crippen LogP contribution is 2.44. The van der Waals surface area contributed by atoms with E-state index in [1.807, 2.05) is 11.8 Å². The molecule has 174 valence electrons. The maximum Gasteiger partial charge on any atom is 0.120 e. The van der Waals surface area contributed by atoms with E-state index in [0.717, 1.165) is 19.3 Å². The fourth-order valence-corrected chi connectivity index (χ4v) is 6.01. The zero-order valence-electron chi connectivity index (χ0n) is 20.2. The topological polar surface area (TPSA) is 4.93 Å². The van der Waals surface area contributed by atoms with E-state index in [1.165, 1.54) is 32.2 Å². The van der Waals surface area contributed by atoms with Crippen LogP contribution in [0.4, 0.5) is 0 Å². The summed E-state index contributed by atoms with van der Waals surface area (Å²) < 4.78 is 2.55. The smallest absolute Gasteiger partial charge is 0.120 e. The van der Waals surface area contributed by atoms with Crippen LogP contribution in [0.1, 0.15) is 42.1 Å². The van der Waals surface area contributed by atoms with Crippen molar-refractivity contribution in [1.82, 2.24) is 4.57 Å². The summed E-state index contributed by atoms with van der Waals surface area (Å²) in [6.07, 6.45) is 5.66. The summed E-state index contributed by atoms with van der Waals surface area (Å²) in [5.41, 5.74) is 4.71. The number of rotatable bonds is 9. The summed E-state index contributed by atoms with van der Waals surface area (Å²) in [7, 11) is 0. The predicted octanol–water partition coefficient (Wildman–Crippen LogP) is 8.82. The fourth-order valence-electron chi connectivity index (χ4n) is 5.01. The van der Waals surface area contributed by atoms with Gasteiger partial charge in [0.2, 0.25) is 0 Å². The molecule has 0 spiro atoms. The van der Waals surface area contributed by atoms with Crippen molar-refractivity contribution in [2.45, 2.75) is 41.5 Å². The van der Waals surface area contributed by atoms with Crippen LogP contribution in [-0.2, 0) is 12.0 Å². The Bertz CT molecular complexity index is 1230. The van der Waals surface area contributed by atoms with Gasteiger partial charge in [0.25, 0.3) is 0 Å². The highest BCUT2D eigenvalue weighted by Gasteiger charge is 2.39. The highest BCUT2D eigenvalue weighted by molar-refractivity contribution is 7.99. The van der Waals surface area contributed by atoms with Crippen molar-refractivity contribution in [3.8, 4) is 0 Å². The second kappa shape index (κ2) is 10.8. The average molecular weight is 474 g/mol. The molecule has 2 heteroatoms. The first kappa shape index (κ1) is 23.3. The Morgan fingerprint density at radius 3 is 1.51 bits per heavy atom. The van der Waals surface area contributed by atoms with Gasteiger partial charge in [-0.15, -0.1) is 0 Å². The largest absolute Gasteiger partial charge is 0.332 e. The maximum absolute atomic E-state index is 2.55. The van der Waals surface area contributed by atoms with Crippen molar-refractivity contribution in [1.29, 1.82) is 0 Å². The van der Waals surface area contributed by atoms with Crippen molar-refractivity contribution in [3.63, 3.8) is 0 Å². The molecule has 1 heterocycles. The molecular weight excluding hydrogens is 442 g/mol. The van der Waals surface area contributed by atoms with Crippen LogP contribution < -0.4 is 0 Å². The summed E-state index contributed by atoms with van der Waals surface area (Å²) in [6.45, 7) is 2.27. The molecule has 0 N–H and O–H groups in total. The molecule has 0 fully saturated rings. The zero-order chi connectivity index (χ0) is 23.9. The minimum atomic E-state index is -0.470. The Morgan fingerprint density at radius 1 is 0.600 bits per heavy atom. The highest BCUT2D eigenvalue weighted by atomic mass is 32.2. The van der Waals surface area contributed by atoms with Crippen molar-refractivity contribution in [3.05, 3.63) is 156 Å². The van der Waals surface area contributed by atoms with Gasteiger partial charge in [-0.1, -0.05) is 134 Å². The first-order valence-corrected chi connectivity index (χ1v) is 13.3. The van der Waals surface area contributed by atoms with E-state index in [2.05, 4.69) is 145 Å². The van der Waals surface area contributed by atoms with E-state index in [-0.39, 0.29) is 0 Å². The lowest BCUT2D eigenvalue weighted by Crippen LogP contribution is -2.38. The monoisotopic (exact) mass is 473 g/mol. The van der Waals surface area contributed by atoms with Crippen LogP contribution in [0.25, 0.3) is 0 Å². The molecule has 0 saturated carbocycles. The van der Waals surface area contributed by atoms with Crippen molar-refractivity contribution in [2.75, 3.05) is 0 Å². The van der Waals surface area contributed by atoms with Gasteiger partial charge in [-0.3, -0.25) is 0 Å². The predicted molar refractivity (Wildman–Crippen MR) is 148 cm³/mol. The number of hydrogen-bond donors (Lipinski definition) is 0. The molecule has 1 nitrogen and oxygen atoms in total. The molecule has 35 heavy (non-hydrogen) atoms. The van der Waals surface area contributed by atoms with E-state index in [4.69, 9.17) is 0 Å². The summed E-state index contributed by atoms with van der Waals surface area (Å²) >= 11 is 1.87. The Hall–Kier alpha value is -3.49. The standard InChI is InChI=1S/C33H31NS/c1-2-3-24-31-32(35-30-22-14-7-15-23-30)25-26-34(31)33(27-16-8-4-9-17-27,28-18-10-5-11-19-28)29-20-12-6-13-21-29/h4-23,25-26H,2-3,24H2,1H3. The first-order valence-electron chi connectivity index (χ1n) is 12.4. The van der Waals surface area contributed by atoms with Crippen LogP contribution in [-0.4, -0.2) is 4.57 Å². The molecule has 0 amide bonds. The molecule has 0 aliphatic carbocycles. The number of benzene rings is 4. The minimum absolute atomic E-state index is 0.470. The molecule has 0 unspecified atom stereocenters. The van der Waals surface area contributed by atoms with Crippen molar-refractivity contribution >= 4 is 11.8 Å². The Labute approximate surface area is 213 Å². The lowest BCUT2D eigenvalue weighted by Gasteiger charge is -2.39. The van der Waals surface area contributed by atoms with Gasteiger partial charge in [0.15, 0.2) is 0 Å². The molecule has 0 saturated heterocycles. The molecule has 5 aromatic rings. The van der Waals surface area contributed by atoms with Crippen molar-refractivity contribution in [2.24, 2.45) is 0 Å². The molecule has 5 rings (SSSR count). The third kappa shape index (κ3) is 4.59. The Kier molecular flexibility index (Phi) is 7.20. The lowest BCUT2D eigenvalue weighted by atomic mass is 9.76. The van der Waals surface area contributed by atoms with Crippen LogP contribution >= 0.6 is 11.8 Å². The van der Waals surface area contributed by atoms with E-state index in [1.54, 1.807) is 0 Å². The van der Waals surface area contributed by atoms with E-state index in [9.17, 15) is 0 Å². The fraction of sp³-hybridized carbons (Fsp3) is 0.152. The summed E-state index contributed by atoms with van der Waals surface area (Å²) in [6, 6.07) is 45.9. The van der Waals surface area contributed by atoms with E-state index < -0.39 is 5.54 Å². The molecule has 1 aromatic heterocycles. The molecule has 0 aliphatic rings. The van der Waals surface area contributed by atoms with Gasteiger partial charge in [0.05, 0.1) is 0 Å². The minimum Gasteiger partial charge on any atom is -0.332 e. The summed E-state index contributed by atoms with van der Waals surface area (Å²) in [4.78, 5) is 2.60. The number of aromatic nitrogens is 1. The van der Waals surface area contributed by atoms with Crippen LogP contribution in [0, 0.1) is 0 Å². The van der Waals surface area contributed by atoms with Crippen molar-refractivity contribution < 1.29 is 0 Å².